The average Bonchev–Trinajstić information content (AvgIpc) is 2.78. The fourth-order valence-corrected chi connectivity index (χ4v) is 3.74. The smallest absolute Gasteiger partial charge is 0.255 e. The third-order valence-corrected chi connectivity index (χ3v) is 5.56. The fraction of sp³-hybridized carbons (Fsp3) is 0.478. The van der Waals surface area contributed by atoms with Crippen LogP contribution >= 0.6 is 0 Å². The molecule has 2 amide bonds. The molecule has 31 heavy (non-hydrogen) atoms. The van der Waals surface area contributed by atoms with Gasteiger partial charge in [0.25, 0.3) is 5.91 Å². The number of piperidine rings is 1. The molecule has 3 rings (SSSR count). The molecule has 0 saturated carbocycles. The lowest BCUT2D eigenvalue weighted by atomic mass is 9.96. The van der Waals surface area contributed by atoms with Crippen molar-refractivity contribution in [2.75, 3.05) is 34.3 Å². The summed E-state index contributed by atoms with van der Waals surface area (Å²) >= 11 is 0. The van der Waals surface area contributed by atoms with Crippen LogP contribution in [0.2, 0.25) is 0 Å². The number of nitrogens with zero attached hydrogens (tertiary/aromatic N) is 4. The Hall–Kier alpha value is -3.00. The van der Waals surface area contributed by atoms with E-state index < -0.39 is 0 Å². The zero-order valence-corrected chi connectivity index (χ0v) is 18.7. The van der Waals surface area contributed by atoms with Crippen molar-refractivity contribution in [1.29, 1.82) is 0 Å². The van der Waals surface area contributed by atoms with Crippen LogP contribution in [0.15, 0.2) is 30.5 Å². The summed E-state index contributed by atoms with van der Waals surface area (Å²) in [6.07, 6.45) is 4.52. The number of benzene rings is 1. The van der Waals surface area contributed by atoms with Crippen LogP contribution in [-0.4, -0.2) is 65.9 Å². The first-order chi connectivity index (χ1) is 14.9. The van der Waals surface area contributed by atoms with E-state index in [1.807, 2.05) is 31.2 Å². The van der Waals surface area contributed by atoms with Gasteiger partial charge in [0.15, 0.2) is 0 Å². The molecule has 8 heteroatoms. The molecule has 0 spiro atoms. The van der Waals surface area contributed by atoms with Crippen LogP contribution in [0.5, 0.6) is 5.75 Å². The molecule has 0 bridgehead atoms. The van der Waals surface area contributed by atoms with Gasteiger partial charge in [0.05, 0.1) is 31.0 Å². The summed E-state index contributed by atoms with van der Waals surface area (Å²) in [5.41, 5.74) is 2.14. The lowest BCUT2D eigenvalue weighted by molar-refractivity contribution is -0.130. The molecular weight excluding hydrogens is 394 g/mol. The van der Waals surface area contributed by atoms with Crippen molar-refractivity contribution in [3.05, 3.63) is 53.1 Å². The van der Waals surface area contributed by atoms with E-state index in [1.165, 1.54) is 0 Å². The van der Waals surface area contributed by atoms with Crippen molar-refractivity contribution in [2.24, 2.45) is 0 Å². The number of nitrogens with one attached hydrogen (secondary N) is 1. The van der Waals surface area contributed by atoms with E-state index in [9.17, 15) is 9.59 Å². The van der Waals surface area contributed by atoms with Crippen LogP contribution in [0.4, 0.5) is 0 Å². The summed E-state index contributed by atoms with van der Waals surface area (Å²) < 4.78 is 5.17. The Morgan fingerprint density at radius 2 is 1.97 bits per heavy atom. The molecule has 8 nitrogen and oxygen atoms in total. The molecule has 0 radical (unpaired) electrons. The van der Waals surface area contributed by atoms with Gasteiger partial charge in [-0.15, -0.1) is 0 Å². The number of hydrogen-bond donors (Lipinski definition) is 1. The highest BCUT2D eigenvalue weighted by molar-refractivity contribution is 5.95. The van der Waals surface area contributed by atoms with E-state index in [4.69, 9.17) is 4.74 Å². The minimum Gasteiger partial charge on any atom is -0.497 e. The highest BCUT2D eigenvalue weighted by atomic mass is 16.5. The summed E-state index contributed by atoms with van der Waals surface area (Å²) in [4.78, 5) is 38.0. The van der Waals surface area contributed by atoms with E-state index in [2.05, 4.69) is 20.2 Å². The van der Waals surface area contributed by atoms with Gasteiger partial charge in [0.2, 0.25) is 5.91 Å². The third-order valence-electron chi connectivity index (χ3n) is 5.56. The standard InChI is InChI=1S/C23H31N5O3/c1-16-24-14-19(23(30)25-13-17-8-10-18(31-4)11-9-17)22(26-16)20-7-5-6-12-28(20)15-21(29)27(2)3/h8-11,14,20H,5-7,12-13,15H2,1-4H3,(H,25,30)/t20-/m0/s1. The molecule has 166 valence electrons. The van der Waals surface area contributed by atoms with Gasteiger partial charge in [-0.25, -0.2) is 9.97 Å². The highest BCUT2D eigenvalue weighted by Crippen LogP contribution is 2.31. The van der Waals surface area contributed by atoms with Gasteiger partial charge in [-0.05, 0) is 44.0 Å². The van der Waals surface area contributed by atoms with E-state index >= 15 is 0 Å². The molecule has 1 fully saturated rings. The lowest BCUT2D eigenvalue weighted by Crippen LogP contribution is -2.42. The first-order valence-electron chi connectivity index (χ1n) is 10.6. The van der Waals surface area contributed by atoms with Gasteiger partial charge in [0, 0.05) is 26.8 Å². The largest absolute Gasteiger partial charge is 0.497 e. The van der Waals surface area contributed by atoms with Crippen LogP contribution in [0.1, 0.15) is 52.7 Å². The number of amides is 2. The molecule has 2 heterocycles. The van der Waals surface area contributed by atoms with Crippen LogP contribution in [-0.2, 0) is 11.3 Å². The molecule has 2 aromatic rings. The maximum Gasteiger partial charge on any atom is 0.255 e. The van der Waals surface area contributed by atoms with E-state index in [0.29, 0.717) is 30.2 Å². The van der Waals surface area contributed by atoms with Crippen molar-refractivity contribution in [3.8, 4) is 5.75 Å². The van der Waals surface area contributed by atoms with Crippen LogP contribution in [0.25, 0.3) is 0 Å². The minimum absolute atomic E-state index is 0.0446. The molecule has 1 saturated heterocycles. The number of rotatable bonds is 7. The number of carbonyl (C=O) groups excluding carboxylic acids is 2. The Morgan fingerprint density at radius 3 is 2.65 bits per heavy atom. The van der Waals surface area contributed by atoms with E-state index in [-0.39, 0.29) is 17.9 Å². The molecule has 0 aliphatic carbocycles. The van der Waals surface area contributed by atoms with Crippen molar-refractivity contribution < 1.29 is 14.3 Å². The van der Waals surface area contributed by atoms with Gasteiger partial charge in [-0.1, -0.05) is 18.6 Å². The van der Waals surface area contributed by atoms with Crippen LogP contribution in [0, 0.1) is 6.92 Å². The minimum atomic E-state index is -0.213. The predicted molar refractivity (Wildman–Crippen MR) is 118 cm³/mol. The topological polar surface area (TPSA) is 87.7 Å². The van der Waals surface area contributed by atoms with Crippen molar-refractivity contribution in [3.63, 3.8) is 0 Å². The molecule has 1 aromatic carbocycles. The second-order valence-electron chi connectivity index (χ2n) is 8.02. The van der Waals surface area contributed by atoms with Crippen LogP contribution in [0.3, 0.4) is 0 Å². The summed E-state index contributed by atoms with van der Waals surface area (Å²) in [7, 11) is 5.14. The van der Waals surface area contributed by atoms with Gasteiger partial charge in [-0.2, -0.15) is 0 Å². The molecule has 1 aromatic heterocycles. The van der Waals surface area contributed by atoms with Crippen molar-refractivity contribution >= 4 is 11.8 Å². The number of hydrogen-bond acceptors (Lipinski definition) is 6. The maximum atomic E-state index is 13.0. The first kappa shape index (κ1) is 22.7. The van der Waals surface area contributed by atoms with Gasteiger partial charge in [-0.3, -0.25) is 14.5 Å². The Labute approximate surface area is 183 Å². The normalized spacial score (nSPS) is 16.6. The number of likely N-dealkylation sites (tertiary alicyclic amines) is 1. The zero-order chi connectivity index (χ0) is 22.4. The number of carbonyl (C=O) groups is 2. The number of aromatic nitrogens is 2. The zero-order valence-electron chi connectivity index (χ0n) is 18.7. The summed E-state index contributed by atoms with van der Waals surface area (Å²) in [6.45, 7) is 3.33. The van der Waals surface area contributed by atoms with Crippen molar-refractivity contribution in [1.82, 2.24) is 25.1 Å². The van der Waals surface area contributed by atoms with E-state index in [1.54, 1.807) is 32.3 Å². The van der Waals surface area contributed by atoms with Gasteiger partial charge in [0.1, 0.15) is 11.6 Å². The number of aryl methyl sites for hydroxylation is 1. The Balaban J connectivity index is 1.79. The number of ether oxygens (including phenoxy) is 1. The SMILES string of the molecule is COc1ccc(CNC(=O)c2cnc(C)nc2[C@@H]2CCCCN2CC(=O)N(C)C)cc1. The summed E-state index contributed by atoms with van der Waals surface area (Å²) in [5.74, 6) is 1.22. The Morgan fingerprint density at radius 1 is 1.23 bits per heavy atom. The average molecular weight is 426 g/mol. The van der Waals surface area contributed by atoms with Gasteiger partial charge >= 0.3 is 0 Å². The number of methoxy groups -OCH3 is 1. The Bertz CT molecular complexity index is 914. The molecule has 1 aliphatic rings. The van der Waals surface area contributed by atoms with E-state index in [0.717, 1.165) is 37.1 Å². The second kappa shape index (κ2) is 10.3. The second-order valence-corrected chi connectivity index (χ2v) is 8.02. The quantitative estimate of drug-likeness (QED) is 0.733. The van der Waals surface area contributed by atoms with Gasteiger partial charge < -0.3 is 15.0 Å². The highest BCUT2D eigenvalue weighted by Gasteiger charge is 2.30. The molecule has 1 atom stereocenters. The first-order valence-corrected chi connectivity index (χ1v) is 10.6. The molecule has 1 aliphatic heterocycles. The monoisotopic (exact) mass is 425 g/mol. The maximum absolute atomic E-state index is 13.0. The number of likely N-dealkylation sites (N-methyl/N-ethyl adjacent to an activating group) is 1. The summed E-state index contributed by atoms with van der Waals surface area (Å²) in [6, 6.07) is 7.48. The van der Waals surface area contributed by atoms with Crippen molar-refractivity contribution in [2.45, 2.75) is 38.8 Å². The Kier molecular flexibility index (Phi) is 7.57. The molecule has 0 unspecified atom stereocenters. The predicted octanol–water partition coefficient (Wildman–Crippen LogP) is 2.34. The lowest BCUT2D eigenvalue weighted by Gasteiger charge is -2.36. The third kappa shape index (κ3) is 5.79. The molecule has 1 N–H and O–H groups in total. The summed E-state index contributed by atoms with van der Waals surface area (Å²) in [5, 5.41) is 2.97. The van der Waals surface area contributed by atoms with Crippen LogP contribution < -0.4 is 10.1 Å². The molecular formula is C23H31N5O3. The fourth-order valence-electron chi connectivity index (χ4n) is 3.74.